The van der Waals surface area contributed by atoms with Crippen LogP contribution in [0.3, 0.4) is 0 Å². The van der Waals surface area contributed by atoms with E-state index in [1.807, 2.05) is 12.1 Å². The monoisotopic (exact) mass is 315 g/mol. The molecule has 1 aliphatic rings. The minimum Gasteiger partial charge on any atom is -0.389 e. The maximum Gasteiger partial charge on any atom is 0.0771 e. The summed E-state index contributed by atoms with van der Waals surface area (Å²) in [4.78, 5) is 0. The van der Waals surface area contributed by atoms with Gasteiger partial charge in [0.15, 0.2) is 0 Å². The molecule has 0 radical (unpaired) electrons. The van der Waals surface area contributed by atoms with Gasteiger partial charge < -0.3 is 10.4 Å². The van der Waals surface area contributed by atoms with Crippen LogP contribution in [0.1, 0.15) is 44.1 Å². The molecule has 4 heteroatoms. The highest BCUT2D eigenvalue weighted by atomic mass is 35.5. The molecule has 0 saturated heterocycles. The van der Waals surface area contributed by atoms with Crippen molar-refractivity contribution in [2.45, 2.75) is 50.5 Å². The molecular formula is C16H23Cl2NO. The second-order valence-corrected chi connectivity index (χ2v) is 6.64. The maximum atomic E-state index is 10.5. The van der Waals surface area contributed by atoms with Gasteiger partial charge in [0.2, 0.25) is 0 Å². The summed E-state index contributed by atoms with van der Waals surface area (Å²) in [6.45, 7) is 1.50. The Morgan fingerprint density at radius 1 is 1.10 bits per heavy atom. The number of aliphatic hydroxyl groups is 1. The van der Waals surface area contributed by atoms with Crippen LogP contribution in [0.5, 0.6) is 0 Å². The molecule has 1 saturated carbocycles. The third-order valence-electron chi connectivity index (χ3n) is 4.07. The lowest BCUT2D eigenvalue weighted by Gasteiger charge is -2.27. The van der Waals surface area contributed by atoms with Crippen molar-refractivity contribution in [2.24, 2.45) is 0 Å². The minimum absolute atomic E-state index is 0.514. The number of benzene rings is 1. The van der Waals surface area contributed by atoms with E-state index >= 15 is 0 Å². The van der Waals surface area contributed by atoms with Gasteiger partial charge in [-0.2, -0.15) is 0 Å². The first-order valence-corrected chi connectivity index (χ1v) is 8.22. The first-order valence-electron chi connectivity index (χ1n) is 7.46. The largest absolute Gasteiger partial charge is 0.389 e. The molecule has 112 valence electrons. The lowest BCUT2D eigenvalue weighted by molar-refractivity contribution is 0.0256. The molecule has 0 amide bonds. The van der Waals surface area contributed by atoms with Crippen LogP contribution >= 0.6 is 23.2 Å². The number of hydrogen-bond acceptors (Lipinski definition) is 2. The molecule has 2 N–H and O–H groups in total. The van der Waals surface area contributed by atoms with Gasteiger partial charge in [-0.05, 0) is 43.5 Å². The lowest BCUT2D eigenvalue weighted by Crippen LogP contribution is -2.40. The molecule has 0 aromatic heterocycles. The Bertz CT molecular complexity index is 428. The highest BCUT2D eigenvalue weighted by Gasteiger charge is 2.27. The zero-order valence-corrected chi connectivity index (χ0v) is 13.3. The minimum atomic E-state index is -0.514. The van der Waals surface area contributed by atoms with E-state index in [2.05, 4.69) is 5.32 Å². The smallest absolute Gasteiger partial charge is 0.0771 e. The molecule has 2 rings (SSSR count). The highest BCUT2D eigenvalue weighted by Crippen LogP contribution is 2.26. The summed E-state index contributed by atoms with van der Waals surface area (Å²) in [5.74, 6) is 0. The Balaban J connectivity index is 1.75. The molecule has 1 aromatic rings. The molecule has 0 aliphatic heterocycles. The Kier molecular flexibility index (Phi) is 6.16. The van der Waals surface area contributed by atoms with Gasteiger partial charge in [-0.1, -0.05) is 55.0 Å². The van der Waals surface area contributed by atoms with E-state index in [-0.39, 0.29) is 0 Å². The average Bonchev–Trinajstić information content (AvgIpc) is 2.62. The Morgan fingerprint density at radius 2 is 1.80 bits per heavy atom. The molecule has 0 unspecified atom stereocenters. The maximum absolute atomic E-state index is 10.5. The Hall–Kier alpha value is -0.280. The predicted molar refractivity (Wildman–Crippen MR) is 85.7 cm³/mol. The summed E-state index contributed by atoms with van der Waals surface area (Å²) in [5, 5.41) is 15.3. The summed E-state index contributed by atoms with van der Waals surface area (Å²) in [6.07, 6.45) is 7.48. The van der Waals surface area contributed by atoms with Gasteiger partial charge in [-0.15, -0.1) is 0 Å². The van der Waals surface area contributed by atoms with Crippen molar-refractivity contribution in [3.8, 4) is 0 Å². The summed E-state index contributed by atoms with van der Waals surface area (Å²) in [5.41, 5.74) is 0.580. The van der Waals surface area contributed by atoms with Gasteiger partial charge in [0, 0.05) is 16.6 Å². The molecule has 0 heterocycles. The van der Waals surface area contributed by atoms with Crippen LogP contribution in [-0.4, -0.2) is 23.8 Å². The normalized spacial score (nSPS) is 18.8. The SMILES string of the molecule is OC1(CNCCc2ccc(Cl)cc2Cl)CCCCCC1. The van der Waals surface area contributed by atoms with Crippen LogP contribution < -0.4 is 5.32 Å². The fraction of sp³-hybridized carbons (Fsp3) is 0.625. The number of rotatable bonds is 5. The number of nitrogens with one attached hydrogen (secondary N) is 1. The van der Waals surface area contributed by atoms with Crippen LogP contribution in [0.25, 0.3) is 0 Å². The van der Waals surface area contributed by atoms with Gasteiger partial charge in [0.05, 0.1) is 5.60 Å². The third-order valence-corrected chi connectivity index (χ3v) is 4.66. The fourth-order valence-electron chi connectivity index (χ4n) is 2.83. The summed E-state index contributed by atoms with van der Waals surface area (Å²) >= 11 is 12.0. The van der Waals surface area contributed by atoms with Crippen molar-refractivity contribution >= 4 is 23.2 Å². The van der Waals surface area contributed by atoms with Crippen molar-refractivity contribution in [1.29, 1.82) is 0 Å². The van der Waals surface area contributed by atoms with E-state index < -0.39 is 5.60 Å². The molecule has 1 aliphatic carbocycles. The van der Waals surface area contributed by atoms with Gasteiger partial charge >= 0.3 is 0 Å². The molecule has 0 bridgehead atoms. The van der Waals surface area contributed by atoms with Crippen molar-refractivity contribution in [1.82, 2.24) is 5.32 Å². The second-order valence-electron chi connectivity index (χ2n) is 5.80. The van der Waals surface area contributed by atoms with Crippen LogP contribution in [0, 0.1) is 0 Å². The number of hydrogen-bond donors (Lipinski definition) is 2. The first kappa shape index (κ1) is 16.1. The van der Waals surface area contributed by atoms with Crippen LogP contribution in [-0.2, 0) is 6.42 Å². The molecule has 1 aromatic carbocycles. The summed E-state index contributed by atoms with van der Waals surface area (Å²) in [6, 6.07) is 5.60. The van der Waals surface area contributed by atoms with E-state index in [4.69, 9.17) is 23.2 Å². The van der Waals surface area contributed by atoms with Crippen LogP contribution in [0.15, 0.2) is 18.2 Å². The van der Waals surface area contributed by atoms with Crippen LogP contribution in [0.2, 0.25) is 10.0 Å². The van der Waals surface area contributed by atoms with Crippen molar-refractivity contribution in [3.63, 3.8) is 0 Å². The quantitative estimate of drug-likeness (QED) is 0.630. The standard InChI is InChI=1S/C16H23Cl2NO/c17-14-6-5-13(15(18)11-14)7-10-19-12-16(20)8-3-1-2-4-9-16/h5-6,11,19-20H,1-4,7-10,12H2. The van der Waals surface area contributed by atoms with Crippen LogP contribution in [0.4, 0.5) is 0 Å². The molecule has 2 nitrogen and oxygen atoms in total. The van der Waals surface area contributed by atoms with E-state index in [0.717, 1.165) is 44.2 Å². The predicted octanol–water partition coefficient (Wildman–Crippen LogP) is 4.21. The lowest BCUT2D eigenvalue weighted by atomic mass is 9.94. The van der Waals surface area contributed by atoms with Crippen molar-refractivity contribution in [3.05, 3.63) is 33.8 Å². The van der Waals surface area contributed by atoms with Gasteiger partial charge in [0.25, 0.3) is 0 Å². The van der Waals surface area contributed by atoms with Crippen molar-refractivity contribution in [2.75, 3.05) is 13.1 Å². The van der Waals surface area contributed by atoms with Gasteiger partial charge in [0.1, 0.15) is 0 Å². The summed E-state index contributed by atoms with van der Waals surface area (Å²) < 4.78 is 0. The Labute approximate surface area is 131 Å². The van der Waals surface area contributed by atoms with E-state index in [9.17, 15) is 5.11 Å². The molecule has 0 atom stereocenters. The second kappa shape index (κ2) is 7.65. The van der Waals surface area contributed by atoms with E-state index in [1.54, 1.807) is 6.07 Å². The zero-order chi connectivity index (χ0) is 14.4. The molecule has 0 spiro atoms. The highest BCUT2D eigenvalue weighted by molar-refractivity contribution is 6.35. The Morgan fingerprint density at radius 3 is 2.45 bits per heavy atom. The van der Waals surface area contributed by atoms with E-state index in [0.29, 0.717) is 16.6 Å². The molecule has 20 heavy (non-hydrogen) atoms. The first-order chi connectivity index (χ1) is 9.59. The van der Waals surface area contributed by atoms with Gasteiger partial charge in [-0.3, -0.25) is 0 Å². The number of halogens is 2. The molecular weight excluding hydrogens is 293 g/mol. The van der Waals surface area contributed by atoms with Crippen molar-refractivity contribution < 1.29 is 5.11 Å². The summed E-state index contributed by atoms with van der Waals surface area (Å²) in [7, 11) is 0. The van der Waals surface area contributed by atoms with Gasteiger partial charge in [-0.25, -0.2) is 0 Å². The van der Waals surface area contributed by atoms with E-state index in [1.165, 1.54) is 12.8 Å². The topological polar surface area (TPSA) is 32.3 Å². The third kappa shape index (κ3) is 4.92. The fourth-order valence-corrected chi connectivity index (χ4v) is 3.33. The molecule has 1 fully saturated rings. The average molecular weight is 316 g/mol. The zero-order valence-electron chi connectivity index (χ0n) is 11.8.